The molecule has 0 radical (unpaired) electrons. The summed E-state index contributed by atoms with van der Waals surface area (Å²) in [5.41, 5.74) is -0.0708. The van der Waals surface area contributed by atoms with Gasteiger partial charge >= 0.3 is 11.7 Å². The zero-order valence-corrected chi connectivity index (χ0v) is 17.3. The SMILES string of the molecule is CC(C)OC(=O)COc1ccc(C=Nn2c(=O)[nH]c3ccccc3c2=O)cc1Br. The van der Waals surface area contributed by atoms with Gasteiger partial charge in [-0.2, -0.15) is 5.10 Å². The first-order valence-electron chi connectivity index (χ1n) is 8.75. The molecule has 0 atom stereocenters. The predicted octanol–water partition coefficient (Wildman–Crippen LogP) is 2.66. The third-order valence-corrected chi connectivity index (χ3v) is 4.39. The number of benzene rings is 2. The van der Waals surface area contributed by atoms with Crippen molar-refractivity contribution in [3.8, 4) is 5.75 Å². The molecule has 0 saturated carbocycles. The number of carbonyl (C=O) groups excluding carboxylic acids is 1. The molecule has 0 amide bonds. The van der Waals surface area contributed by atoms with Gasteiger partial charge < -0.3 is 14.5 Å². The normalized spacial score (nSPS) is 11.3. The lowest BCUT2D eigenvalue weighted by Crippen LogP contribution is -2.32. The van der Waals surface area contributed by atoms with E-state index in [9.17, 15) is 14.4 Å². The molecular formula is C20H18BrN3O5. The first-order chi connectivity index (χ1) is 13.8. The summed E-state index contributed by atoms with van der Waals surface area (Å²) in [6.45, 7) is 3.30. The van der Waals surface area contributed by atoms with Crippen molar-refractivity contribution in [1.82, 2.24) is 9.66 Å². The van der Waals surface area contributed by atoms with Crippen LogP contribution in [0, 0.1) is 0 Å². The summed E-state index contributed by atoms with van der Waals surface area (Å²) in [4.78, 5) is 38.8. The van der Waals surface area contributed by atoms with Gasteiger partial charge in [-0.15, -0.1) is 4.68 Å². The standard InChI is InChI=1S/C20H18BrN3O5/c1-12(2)29-18(25)11-28-17-8-7-13(9-15(17)21)10-22-24-19(26)14-5-3-4-6-16(14)23-20(24)27/h3-10,12H,11H2,1-2H3,(H,23,27). The fourth-order valence-corrected chi connectivity index (χ4v) is 3.04. The van der Waals surface area contributed by atoms with Crippen LogP contribution < -0.4 is 16.0 Å². The molecule has 0 aliphatic rings. The largest absolute Gasteiger partial charge is 0.481 e. The highest BCUT2D eigenvalue weighted by molar-refractivity contribution is 9.10. The van der Waals surface area contributed by atoms with Crippen molar-refractivity contribution in [2.24, 2.45) is 5.10 Å². The molecule has 0 aliphatic carbocycles. The lowest BCUT2D eigenvalue weighted by molar-refractivity contribution is -0.149. The number of para-hydroxylation sites is 1. The Hall–Kier alpha value is -3.20. The average molecular weight is 460 g/mol. The Kier molecular flexibility index (Phi) is 6.28. The summed E-state index contributed by atoms with van der Waals surface area (Å²) in [7, 11) is 0. The molecule has 0 fully saturated rings. The van der Waals surface area contributed by atoms with Crippen LogP contribution >= 0.6 is 15.9 Å². The second-order valence-corrected chi connectivity index (χ2v) is 7.21. The minimum Gasteiger partial charge on any atom is -0.481 e. The van der Waals surface area contributed by atoms with Gasteiger partial charge in [0.05, 0.1) is 27.7 Å². The van der Waals surface area contributed by atoms with Gasteiger partial charge in [-0.05, 0) is 65.7 Å². The highest BCUT2D eigenvalue weighted by Gasteiger charge is 2.09. The third-order valence-electron chi connectivity index (χ3n) is 3.77. The van der Waals surface area contributed by atoms with E-state index < -0.39 is 17.2 Å². The molecule has 0 saturated heterocycles. The zero-order valence-electron chi connectivity index (χ0n) is 15.7. The van der Waals surface area contributed by atoms with Crippen molar-refractivity contribution < 1.29 is 14.3 Å². The molecule has 0 aliphatic heterocycles. The summed E-state index contributed by atoms with van der Waals surface area (Å²) >= 11 is 3.36. The van der Waals surface area contributed by atoms with E-state index in [0.717, 1.165) is 4.68 Å². The van der Waals surface area contributed by atoms with E-state index >= 15 is 0 Å². The minimum atomic E-state index is -0.632. The Balaban J connectivity index is 1.79. The molecule has 8 nitrogen and oxygen atoms in total. The molecule has 1 N–H and O–H groups in total. The second-order valence-electron chi connectivity index (χ2n) is 6.35. The van der Waals surface area contributed by atoms with Crippen LogP contribution in [0.2, 0.25) is 0 Å². The Morgan fingerprint density at radius 2 is 2.00 bits per heavy atom. The second kappa shape index (κ2) is 8.87. The number of hydrogen-bond donors (Lipinski definition) is 1. The van der Waals surface area contributed by atoms with E-state index in [1.54, 1.807) is 56.3 Å². The van der Waals surface area contributed by atoms with E-state index in [0.29, 0.717) is 26.7 Å². The zero-order chi connectivity index (χ0) is 21.0. The van der Waals surface area contributed by atoms with Crippen LogP contribution in [-0.2, 0) is 9.53 Å². The van der Waals surface area contributed by atoms with E-state index in [-0.39, 0.29) is 12.7 Å². The maximum absolute atomic E-state index is 12.5. The van der Waals surface area contributed by atoms with Crippen molar-refractivity contribution in [3.05, 3.63) is 73.3 Å². The maximum Gasteiger partial charge on any atom is 0.349 e. The summed E-state index contributed by atoms with van der Waals surface area (Å²) in [5.74, 6) is -0.0176. The fraction of sp³-hybridized carbons (Fsp3) is 0.200. The summed E-state index contributed by atoms with van der Waals surface area (Å²) in [6.07, 6.45) is 1.17. The molecule has 0 spiro atoms. The van der Waals surface area contributed by atoms with Gasteiger partial charge in [0.25, 0.3) is 5.56 Å². The summed E-state index contributed by atoms with van der Waals surface area (Å²) in [6, 6.07) is 11.7. The molecule has 2 aromatic carbocycles. The molecular weight excluding hydrogens is 442 g/mol. The van der Waals surface area contributed by atoms with Crippen LogP contribution in [0.3, 0.4) is 0 Å². The van der Waals surface area contributed by atoms with Crippen LogP contribution in [0.25, 0.3) is 10.9 Å². The van der Waals surface area contributed by atoms with Crippen LogP contribution in [-0.4, -0.2) is 34.6 Å². The first-order valence-corrected chi connectivity index (χ1v) is 9.54. The topological polar surface area (TPSA) is 103 Å². The summed E-state index contributed by atoms with van der Waals surface area (Å²) < 4.78 is 11.8. The molecule has 150 valence electrons. The molecule has 1 heterocycles. The van der Waals surface area contributed by atoms with Crippen LogP contribution in [0.15, 0.2) is 61.6 Å². The number of halogens is 1. The monoisotopic (exact) mass is 459 g/mol. The lowest BCUT2D eigenvalue weighted by atomic mass is 10.2. The number of nitrogens with zero attached hydrogens (tertiary/aromatic N) is 2. The number of rotatable bonds is 6. The predicted molar refractivity (Wildman–Crippen MR) is 113 cm³/mol. The quantitative estimate of drug-likeness (QED) is 0.450. The highest BCUT2D eigenvalue weighted by Crippen LogP contribution is 2.25. The fourth-order valence-electron chi connectivity index (χ4n) is 2.53. The number of hydrogen-bond acceptors (Lipinski definition) is 6. The van der Waals surface area contributed by atoms with Crippen molar-refractivity contribution in [1.29, 1.82) is 0 Å². The van der Waals surface area contributed by atoms with E-state index in [1.165, 1.54) is 6.21 Å². The van der Waals surface area contributed by atoms with Crippen LogP contribution in [0.4, 0.5) is 0 Å². The first kappa shape index (κ1) is 20.5. The van der Waals surface area contributed by atoms with Crippen molar-refractivity contribution in [2.45, 2.75) is 20.0 Å². The molecule has 3 aromatic rings. The number of aromatic amines is 1. The smallest absolute Gasteiger partial charge is 0.349 e. The van der Waals surface area contributed by atoms with Gasteiger partial charge in [0.1, 0.15) is 5.75 Å². The number of fused-ring (bicyclic) bond motifs is 1. The van der Waals surface area contributed by atoms with Gasteiger partial charge in [-0.1, -0.05) is 12.1 Å². The van der Waals surface area contributed by atoms with E-state index in [2.05, 4.69) is 26.0 Å². The lowest BCUT2D eigenvalue weighted by Gasteiger charge is -2.10. The average Bonchev–Trinajstić information content (AvgIpc) is 2.66. The Morgan fingerprint density at radius 3 is 2.72 bits per heavy atom. The van der Waals surface area contributed by atoms with Crippen molar-refractivity contribution >= 4 is 39.0 Å². The minimum absolute atomic E-state index is 0.213. The molecule has 0 bridgehead atoms. The van der Waals surface area contributed by atoms with Gasteiger partial charge in [0.2, 0.25) is 0 Å². The molecule has 1 aromatic heterocycles. The van der Waals surface area contributed by atoms with E-state index in [1.807, 2.05) is 0 Å². The molecule has 9 heteroatoms. The van der Waals surface area contributed by atoms with Crippen molar-refractivity contribution in [3.63, 3.8) is 0 Å². The number of aromatic nitrogens is 2. The van der Waals surface area contributed by atoms with Crippen LogP contribution in [0.1, 0.15) is 19.4 Å². The van der Waals surface area contributed by atoms with Gasteiger partial charge in [0.15, 0.2) is 6.61 Å². The van der Waals surface area contributed by atoms with Crippen LogP contribution in [0.5, 0.6) is 5.75 Å². The van der Waals surface area contributed by atoms with Gasteiger partial charge in [-0.3, -0.25) is 4.79 Å². The Bertz CT molecular complexity index is 1200. The number of H-pyrrole nitrogens is 1. The third kappa shape index (κ3) is 5.00. The number of carbonyl (C=O) groups is 1. The molecule has 0 unspecified atom stereocenters. The highest BCUT2D eigenvalue weighted by atomic mass is 79.9. The number of nitrogens with one attached hydrogen (secondary N) is 1. The summed E-state index contributed by atoms with van der Waals surface area (Å²) in [5, 5.41) is 4.37. The number of ether oxygens (including phenoxy) is 2. The van der Waals surface area contributed by atoms with Gasteiger partial charge in [-0.25, -0.2) is 9.59 Å². The van der Waals surface area contributed by atoms with E-state index in [4.69, 9.17) is 9.47 Å². The number of esters is 1. The van der Waals surface area contributed by atoms with Crippen molar-refractivity contribution in [2.75, 3.05) is 6.61 Å². The molecule has 3 rings (SSSR count). The Morgan fingerprint density at radius 1 is 1.24 bits per heavy atom. The van der Waals surface area contributed by atoms with Gasteiger partial charge in [0, 0.05) is 0 Å². The molecule has 29 heavy (non-hydrogen) atoms. The maximum atomic E-state index is 12.5. The Labute approximate surface area is 173 Å².